The standard InChI is InChI=1S/C14H17FN2O4/c1-3-16-13(19)9(2)21-12(18)8-17-14(20)10-6-4-5-7-11(10)15/h4-7,9H,3,8H2,1-2H3,(H,16,19)(H,17,20)/t9-/m0/s1. The van der Waals surface area contributed by atoms with Crippen molar-refractivity contribution in [2.24, 2.45) is 0 Å². The lowest BCUT2D eigenvalue weighted by Gasteiger charge is -2.13. The van der Waals surface area contributed by atoms with Gasteiger partial charge in [-0.25, -0.2) is 4.39 Å². The number of likely N-dealkylation sites (N-methyl/N-ethyl adjacent to an activating group) is 1. The zero-order valence-electron chi connectivity index (χ0n) is 11.8. The van der Waals surface area contributed by atoms with Crippen LogP contribution >= 0.6 is 0 Å². The van der Waals surface area contributed by atoms with E-state index in [1.54, 1.807) is 6.92 Å². The van der Waals surface area contributed by atoms with Gasteiger partial charge in [-0.1, -0.05) is 12.1 Å². The number of halogens is 1. The van der Waals surface area contributed by atoms with Gasteiger partial charge in [-0.05, 0) is 26.0 Å². The first-order chi connectivity index (χ1) is 9.95. The molecular weight excluding hydrogens is 279 g/mol. The first-order valence-corrected chi connectivity index (χ1v) is 6.45. The number of nitrogens with one attached hydrogen (secondary N) is 2. The topological polar surface area (TPSA) is 84.5 Å². The van der Waals surface area contributed by atoms with Gasteiger partial charge in [0.05, 0.1) is 5.56 Å². The minimum Gasteiger partial charge on any atom is -0.451 e. The number of esters is 1. The molecule has 6 nitrogen and oxygen atoms in total. The summed E-state index contributed by atoms with van der Waals surface area (Å²) < 4.78 is 18.2. The van der Waals surface area contributed by atoms with Crippen molar-refractivity contribution in [3.63, 3.8) is 0 Å². The number of carbonyl (C=O) groups is 3. The Labute approximate surface area is 121 Å². The minimum absolute atomic E-state index is 0.165. The zero-order chi connectivity index (χ0) is 15.8. The predicted octanol–water partition coefficient (Wildman–Crippen LogP) is 0.623. The molecule has 0 aliphatic carbocycles. The Morgan fingerprint density at radius 3 is 2.52 bits per heavy atom. The third-order valence-electron chi connectivity index (χ3n) is 2.54. The quantitative estimate of drug-likeness (QED) is 0.754. The minimum atomic E-state index is -0.956. The van der Waals surface area contributed by atoms with Gasteiger partial charge in [0.1, 0.15) is 12.4 Å². The van der Waals surface area contributed by atoms with E-state index >= 15 is 0 Å². The summed E-state index contributed by atoms with van der Waals surface area (Å²) in [5.74, 6) is -2.61. The monoisotopic (exact) mass is 296 g/mol. The summed E-state index contributed by atoms with van der Waals surface area (Å²) in [6.45, 7) is 3.13. The molecule has 0 saturated carbocycles. The third-order valence-corrected chi connectivity index (χ3v) is 2.54. The van der Waals surface area contributed by atoms with Crippen molar-refractivity contribution in [1.82, 2.24) is 10.6 Å². The molecule has 21 heavy (non-hydrogen) atoms. The van der Waals surface area contributed by atoms with Crippen LogP contribution in [-0.2, 0) is 14.3 Å². The molecular formula is C14H17FN2O4. The molecule has 2 N–H and O–H groups in total. The maximum absolute atomic E-state index is 13.3. The number of carbonyl (C=O) groups excluding carboxylic acids is 3. The Bertz CT molecular complexity index is 533. The van der Waals surface area contributed by atoms with Gasteiger partial charge < -0.3 is 15.4 Å². The highest BCUT2D eigenvalue weighted by molar-refractivity contribution is 5.96. The number of rotatable bonds is 6. The van der Waals surface area contributed by atoms with Crippen LogP contribution in [0.2, 0.25) is 0 Å². The average Bonchev–Trinajstić information content (AvgIpc) is 2.45. The first kappa shape index (κ1) is 16.6. The molecule has 0 radical (unpaired) electrons. The fourth-order valence-corrected chi connectivity index (χ4v) is 1.50. The molecule has 7 heteroatoms. The van der Waals surface area contributed by atoms with Crippen LogP contribution in [0.5, 0.6) is 0 Å². The summed E-state index contributed by atoms with van der Waals surface area (Å²) in [4.78, 5) is 34.5. The lowest BCUT2D eigenvalue weighted by atomic mass is 10.2. The van der Waals surface area contributed by atoms with E-state index in [9.17, 15) is 18.8 Å². The van der Waals surface area contributed by atoms with Crippen LogP contribution in [0.1, 0.15) is 24.2 Å². The second-order valence-corrected chi connectivity index (χ2v) is 4.19. The van der Waals surface area contributed by atoms with Gasteiger partial charge in [0.25, 0.3) is 11.8 Å². The van der Waals surface area contributed by atoms with Gasteiger partial charge in [-0.15, -0.1) is 0 Å². The number of hydrogen-bond donors (Lipinski definition) is 2. The highest BCUT2D eigenvalue weighted by atomic mass is 19.1. The smallest absolute Gasteiger partial charge is 0.326 e. The van der Waals surface area contributed by atoms with Crippen LogP contribution in [0.15, 0.2) is 24.3 Å². The van der Waals surface area contributed by atoms with E-state index in [1.165, 1.54) is 25.1 Å². The molecule has 0 saturated heterocycles. The Kier molecular flexibility index (Phi) is 6.32. The van der Waals surface area contributed by atoms with E-state index in [-0.39, 0.29) is 5.56 Å². The summed E-state index contributed by atoms with van der Waals surface area (Å²) in [7, 11) is 0. The van der Waals surface area contributed by atoms with Crippen molar-refractivity contribution in [3.8, 4) is 0 Å². The SMILES string of the molecule is CCNC(=O)[C@H](C)OC(=O)CNC(=O)c1ccccc1F. The Morgan fingerprint density at radius 1 is 1.24 bits per heavy atom. The molecule has 2 amide bonds. The lowest BCUT2D eigenvalue weighted by Crippen LogP contribution is -2.38. The van der Waals surface area contributed by atoms with Crippen LogP contribution in [0.25, 0.3) is 0 Å². The molecule has 0 aromatic heterocycles. The third kappa shape index (κ3) is 5.21. The molecule has 0 fully saturated rings. The lowest BCUT2D eigenvalue weighted by molar-refractivity contribution is -0.153. The summed E-state index contributed by atoms with van der Waals surface area (Å²) in [5, 5.41) is 4.73. The number of hydrogen-bond acceptors (Lipinski definition) is 4. The van der Waals surface area contributed by atoms with E-state index in [1.807, 2.05) is 0 Å². The van der Waals surface area contributed by atoms with Gasteiger partial charge >= 0.3 is 5.97 Å². The molecule has 1 aromatic rings. The van der Waals surface area contributed by atoms with Crippen molar-refractivity contribution < 1.29 is 23.5 Å². The summed E-state index contributed by atoms with van der Waals surface area (Å²) in [6.07, 6.45) is -0.956. The van der Waals surface area contributed by atoms with E-state index in [2.05, 4.69) is 10.6 Å². The molecule has 1 atom stereocenters. The van der Waals surface area contributed by atoms with E-state index in [4.69, 9.17) is 4.74 Å². The molecule has 1 rings (SSSR count). The first-order valence-electron chi connectivity index (χ1n) is 6.45. The van der Waals surface area contributed by atoms with Gasteiger partial charge in [-0.3, -0.25) is 14.4 Å². The fourth-order valence-electron chi connectivity index (χ4n) is 1.50. The van der Waals surface area contributed by atoms with Gasteiger partial charge in [-0.2, -0.15) is 0 Å². The highest BCUT2D eigenvalue weighted by Crippen LogP contribution is 2.05. The van der Waals surface area contributed by atoms with Crippen molar-refractivity contribution >= 4 is 17.8 Å². The second-order valence-electron chi connectivity index (χ2n) is 4.19. The van der Waals surface area contributed by atoms with Gasteiger partial charge in [0.15, 0.2) is 6.10 Å². The molecule has 0 aliphatic heterocycles. The largest absolute Gasteiger partial charge is 0.451 e. The number of amides is 2. The Hall–Kier alpha value is -2.44. The highest BCUT2D eigenvalue weighted by Gasteiger charge is 2.18. The molecule has 1 aromatic carbocycles. The zero-order valence-corrected chi connectivity index (χ0v) is 11.8. The molecule has 0 aliphatic rings. The van der Waals surface area contributed by atoms with Crippen molar-refractivity contribution in [1.29, 1.82) is 0 Å². The van der Waals surface area contributed by atoms with E-state index < -0.39 is 36.2 Å². The normalized spacial score (nSPS) is 11.4. The fraction of sp³-hybridized carbons (Fsp3) is 0.357. The van der Waals surface area contributed by atoms with Gasteiger partial charge in [0, 0.05) is 6.54 Å². The number of ether oxygens (including phenoxy) is 1. The molecule has 0 unspecified atom stereocenters. The second kappa shape index (κ2) is 7.98. The number of benzene rings is 1. The van der Waals surface area contributed by atoms with Crippen LogP contribution in [0, 0.1) is 5.82 Å². The Morgan fingerprint density at radius 2 is 1.90 bits per heavy atom. The summed E-state index contributed by atoms with van der Waals surface area (Å²) in [5.41, 5.74) is -0.165. The molecule has 114 valence electrons. The average molecular weight is 296 g/mol. The van der Waals surface area contributed by atoms with Gasteiger partial charge in [0.2, 0.25) is 0 Å². The van der Waals surface area contributed by atoms with E-state index in [0.717, 1.165) is 6.07 Å². The molecule has 0 bridgehead atoms. The van der Waals surface area contributed by atoms with Crippen LogP contribution in [0.4, 0.5) is 4.39 Å². The predicted molar refractivity (Wildman–Crippen MR) is 73.0 cm³/mol. The molecule has 0 heterocycles. The van der Waals surface area contributed by atoms with Crippen molar-refractivity contribution in [3.05, 3.63) is 35.6 Å². The van der Waals surface area contributed by atoms with Crippen LogP contribution in [-0.4, -0.2) is 37.0 Å². The maximum Gasteiger partial charge on any atom is 0.326 e. The van der Waals surface area contributed by atoms with Crippen LogP contribution in [0.3, 0.4) is 0 Å². The molecule has 0 spiro atoms. The summed E-state index contributed by atoms with van der Waals surface area (Å²) >= 11 is 0. The Balaban J connectivity index is 2.45. The summed E-state index contributed by atoms with van der Waals surface area (Å²) in [6, 6.07) is 5.40. The van der Waals surface area contributed by atoms with Crippen molar-refractivity contribution in [2.45, 2.75) is 20.0 Å². The van der Waals surface area contributed by atoms with Crippen molar-refractivity contribution in [2.75, 3.05) is 13.1 Å². The van der Waals surface area contributed by atoms with E-state index in [0.29, 0.717) is 6.54 Å². The van der Waals surface area contributed by atoms with Crippen LogP contribution < -0.4 is 10.6 Å². The maximum atomic E-state index is 13.3.